The maximum atomic E-state index is 14.1. The molecule has 1 aromatic carbocycles. The summed E-state index contributed by atoms with van der Waals surface area (Å²) in [6.45, 7) is -0.311. The molecule has 0 aromatic heterocycles. The van der Waals surface area contributed by atoms with Crippen molar-refractivity contribution in [2.75, 3.05) is 26.0 Å². The summed E-state index contributed by atoms with van der Waals surface area (Å²) in [6, 6.07) is 2.15. The van der Waals surface area contributed by atoms with Gasteiger partial charge in [0.1, 0.15) is 11.9 Å². The number of amides is 3. The fourth-order valence-electron chi connectivity index (χ4n) is 2.78. The number of aliphatic hydroxyl groups is 3. The van der Waals surface area contributed by atoms with Gasteiger partial charge in [-0.3, -0.25) is 4.79 Å². The molecular weight excluding hydrogens is 333 g/mol. The summed E-state index contributed by atoms with van der Waals surface area (Å²) < 4.78 is 14.1. The average molecular weight is 355 g/mol. The number of halogens is 1. The maximum absolute atomic E-state index is 14.1. The highest BCUT2D eigenvalue weighted by atomic mass is 19.1. The molecule has 2 rings (SSSR count). The predicted molar refractivity (Wildman–Crippen MR) is 87.6 cm³/mol. The number of benzene rings is 1. The second-order valence-corrected chi connectivity index (χ2v) is 6.26. The zero-order valence-corrected chi connectivity index (χ0v) is 13.9. The van der Waals surface area contributed by atoms with Gasteiger partial charge in [0.05, 0.1) is 17.8 Å². The monoisotopic (exact) mass is 355 g/mol. The lowest BCUT2D eigenvalue weighted by molar-refractivity contribution is 0.000964. The van der Waals surface area contributed by atoms with Crippen LogP contribution in [0.15, 0.2) is 18.2 Å². The number of nitrogens with zero attached hydrogens (tertiary/aromatic N) is 1. The van der Waals surface area contributed by atoms with Crippen molar-refractivity contribution < 1.29 is 29.3 Å². The highest BCUT2D eigenvalue weighted by Gasteiger charge is 2.41. The van der Waals surface area contributed by atoms with Crippen LogP contribution in [-0.2, 0) is 0 Å². The summed E-state index contributed by atoms with van der Waals surface area (Å²) in [4.78, 5) is 25.1. The van der Waals surface area contributed by atoms with Crippen molar-refractivity contribution in [3.63, 3.8) is 0 Å². The Labute approximate surface area is 144 Å². The van der Waals surface area contributed by atoms with Crippen LogP contribution in [0.25, 0.3) is 0 Å². The number of carbonyl (C=O) groups excluding carboxylic acids is 2. The van der Waals surface area contributed by atoms with E-state index in [2.05, 4.69) is 10.6 Å². The van der Waals surface area contributed by atoms with Crippen LogP contribution in [0.4, 0.5) is 14.9 Å². The first-order chi connectivity index (χ1) is 11.7. The third-order valence-corrected chi connectivity index (χ3v) is 4.22. The van der Waals surface area contributed by atoms with E-state index in [1.807, 2.05) is 0 Å². The topological polar surface area (TPSA) is 122 Å². The number of nitrogens with one attached hydrogen (secondary N) is 2. The van der Waals surface area contributed by atoms with Gasteiger partial charge in [0.15, 0.2) is 0 Å². The lowest BCUT2D eigenvalue weighted by Crippen LogP contribution is -2.44. The minimum atomic E-state index is -1.21. The number of anilines is 1. The summed E-state index contributed by atoms with van der Waals surface area (Å²) in [5.74, 6) is -1.68. The van der Waals surface area contributed by atoms with Crippen LogP contribution in [-0.4, -0.2) is 71.1 Å². The van der Waals surface area contributed by atoms with Gasteiger partial charge in [-0.25, -0.2) is 9.18 Å². The molecule has 1 saturated carbocycles. The van der Waals surface area contributed by atoms with Gasteiger partial charge < -0.3 is 30.9 Å². The van der Waals surface area contributed by atoms with Gasteiger partial charge in [-0.15, -0.1) is 0 Å². The Bertz CT molecular complexity index is 655. The Balaban J connectivity index is 2.00. The number of carbonyl (C=O) groups is 2. The Hall–Kier alpha value is -2.23. The number of urea groups is 1. The van der Waals surface area contributed by atoms with Crippen molar-refractivity contribution in [1.82, 2.24) is 10.2 Å². The van der Waals surface area contributed by atoms with E-state index in [1.165, 1.54) is 17.0 Å². The molecule has 8 nitrogen and oxygen atoms in total. The molecule has 0 aliphatic heterocycles. The van der Waals surface area contributed by atoms with Crippen molar-refractivity contribution in [3.05, 3.63) is 29.6 Å². The predicted octanol–water partition coefficient (Wildman–Crippen LogP) is -0.248. The van der Waals surface area contributed by atoms with Crippen LogP contribution < -0.4 is 10.6 Å². The molecule has 1 aliphatic carbocycles. The lowest BCUT2D eigenvalue weighted by atomic mass is 10.1. The van der Waals surface area contributed by atoms with E-state index in [9.17, 15) is 24.2 Å². The van der Waals surface area contributed by atoms with Crippen LogP contribution in [0, 0.1) is 11.7 Å². The first-order valence-electron chi connectivity index (χ1n) is 7.80. The standard InChI is InChI=1S/C16H22FN3O5/c1-20(2)15(24)8-3-4-11(10(17)5-8)18-16(25)19-12-6-9(7-21)13(22)14(12)23/h3-5,9,12-14,21-23H,6-7H2,1-2H3,(H2,18,19,25)/t9-,12-,13-,14+/m1/s1. The zero-order valence-electron chi connectivity index (χ0n) is 13.9. The van der Waals surface area contributed by atoms with E-state index >= 15 is 0 Å². The van der Waals surface area contributed by atoms with Gasteiger partial charge >= 0.3 is 6.03 Å². The maximum Gasteiger partial charge on any atom is 0.319 e. The molecule has 0 saturated heterocycles. The minimum Gasteiger partial charge on any atom is -0.396 e. The summed E-state index contributed by atoms with van der Waals surface area (Å²) in [5, 5.41) is 33.4. The molecule has 1 fully saturated rings. The molecule has 1 aromatic rings. The van der Waals surface area contributed by atoms with Crippen LogP contribution >= 0.6 is 0 Å². The van der Waals surface area contributed by atoms with E-state index < -0.39 is 36.0 Å². The largest absolute Gasteiger partial charge is 0.396 e. The fourth-order valence-corrected chi connectivity index (χ4v) is 2.78. The normalized spacial score (nSPS) is 25.5. The van der Waals surface area contributed by atoms with Crippen molar-refractivity contribution in [3.8, 4) is 0 Å². The lowest BCUT2D eigenvalue weighted by Gasteiger charge is -2.18. The summed E-state index contributed by atoms with van der Waals surface area (Å²) >= 11 is 0. The highest BCUT2D eigenvalue weighted by molar-refractivity contribution is 5.95. The van der Waals surface area contributed by atoms with Crippen molar-refractivity contribution in [2.45, 2.75) is 24.7 Å². The molecular formula is C16H22FN3O5. The van der Waals surface area contributed by atoms with Gasteiger partial charge in [-0.1, -0.05) is 0 Å². The van der Waals surface area contributed by atoms with Crippen LogP contribution in [0.1, 0.15) is 16.8 Å². The Morgan fingerprint density at radius 1 is 1.28 bits per heavy atom. The minimum absolute atomic E-state index is 0.125. The third-order valence-electron chi connectivity index (χ3n) is 4.22. The molecule has 5 N–H and O–H groups in total. The molecule has 0 unspecified atom stereocenters. The Kier molecular flexibility index (Phi) is 5.93. The van der Waals surface area contributed by atoms with Gasteiger partial charge in [0, 0.05) is 32.2 Å². The smallest absolute Gasteiger partial charge is 0.319 e. The van der Waals surface area contributed by atoms with Crippen molar-refractivity contribution in [2.24, 2.45) is 5.92 Å². The molecule has 1 aliphatic rings. The average Bonchev–Trinajstić information content (AvgIpc) is 2.83. The van der Waals surface area contributed by atoms with Crippen LogP contribution in [0.5, 0.6) is 0 Å². The fraction of sp³-hybridized carbons (Fsp3) is 0.500. The van der Waals surface area contributed by atoms with Gasteiger partial charge in [-0.05, 0) is 24.6 Å². The molecule has 0 spiro atoms. The second kappa shape index (κ2) is 7.77. The zero-order chi connectivity index (χ0) is 18.7. The third kappa shape index (κ3) is 4.25. The van der Waals surface area contributed by atoms with Gasteiger partial charge in [0.25, 0.3) is 5.91 Å². The van der Waals surface area contributed by atoms with Gasteiger partial charge in [0.2, 0.25) is 0 Å². The highest BCUT2D eigenvalue weighted by Crippen LogP contribution is 2.26. The van der Waals surface area contributed by atoms with Gasteiger partial charge in [-0.2, -0.15) is 0 Å². The molecule has 3 amide bonds. The number of aliphatic hydroxyl groups excluding tert-OH is 3. The molecule has 25 heavy (non-hydrogen) atoms. The Morgan fingerprint density at radius 2 is 1.96 bits per heavy atom. The van der Waals surface area contributed by atoms with Crippen LogP contribution in [0.2, 0.25) is 0 Å². The molecule has 0 bridgehead atoms. The quantitative estimate of drug-likeness (QED) is 0.510. The Morgan fingerprint density at radius 3 is 2.48 bits per heavy atom. The van der Waals surface area contributed by atoms with Crippen molar-refractivity contribution in [1.29, 1.82) is 0 Å². The molecule has 4 atom stereocenters. The molecule has 138 valence electrons. The summed E-state index contributed by atoms with van der Waals surface area (Å²) in [6.07, 6.45) is -2.15. The number of hydrogen-bond donors (Lipinski definition) is 5. The number of rotatable bonds is 4. The van der Waals surface area contributed by atoms with Crippen molar-refractivity contribution >= 4 is 17.6 Å². The molecule has 9 heteroatoms. The first kappa shape index (κ1) is 19.1. The molecule has 0 heterocycles. The van der Waals surface area contributed by atoms with Crippen LogP contribution in [0.3, 0.4) is 0 Å². The molecule has 0 radical (unpaired) electrons. The van der Waals surface area contributed by atoms with E-state index in [1.54, 1.807) is 14.1 Å². The summed E-state index contributed by atoms with van der Waals surface area (Å²) in [7, 11) is 3.08. The first-order valence-corrected chi connectivity index (χ1v) is 7.80. The van der Waals surface area contributed by atoms with E-state index in [-0.39, 0.29) is 30.2 Å². The second-order valence-electron chi connectivity index (χ2n) is 6.26. The number of hydrogen-bond acceptors (Lipinski definition) is 5. The van der Waals surface area contributed by atoms with E-state index in [0.717, 1.165) is 6.07 Å². The van der Waals surface area contributed by atoms with E-state index in [4.69, 9.17) is 5.11 Å². The van der Waals surface area contributed by atoms with E-state index in [0.29, 0.717) is 0 Å². The summed E-state index contributed by atoms with van der Waals surface area (Å²) in [5.41, 5.74) is 0.0214. The SMILES string of the molecule is CN(C)C(=O)c1ccc(NC(=O)N[C@@H]2C[C@H](CO)[C@@H](O)[C@H]2O)c(F)c1.